The van der Waals surface area contributed by atoms with Crippen molar-refractivity contribution in [3.05, 3.63) is 23.9 Å². The quantitative estimate of drug-likeness (QED) is 0.595. The van der Waals surface area contributed by atoms with Gasteiger partial charge in [0.25, 0.3) is 5.88 Å². The lowest BCUT2D eigenvalue weighted by Crippen LogP contribution is -2.25. The second-order valence-electron chi connectivity index (χ2n) is 6.47. The molecule has 0 amide bonds. The molecular formula is C19H29N3O5S. The van der Waals surface area contributed by atoms with E-state index in [-0.39, 0.29) is 6.10 Å². The fourth-order valence-corrected chi connectivity index (χ4v) is 3.12. The number of hydrogen-bond donors (Lipinski definition) is 2. The first-order chi connectivity index (χ1) is 13.4. The number of carboxylic acid groups (broad SMARTS) is 2. The highest BCUT2D eigenvalue weighted by Crippen LogP contribution is 2.28. The van der Waals surface area contributed by atoms with E-state index in [4.69, 9.17) is 14.9 Å². The van der Waals surface area contributed by atoms with Crippen molar-refractivity contribution in [2.45, 2.75) is 52.1 Å². The summed E-state index contributed by atoms with van der Waals surface area (Å²) >= 11 is 1.25. The van der Waals surface area contributed by atoms with Gasteiger partial charge in [0.15, 0.2) is 0 Å². The van der Waals surface area contributed by atoms with E-state index in [1.54, 1.807) is 0 Å². The second-order valence-corrected chi connectivity index (χ2v) is 7.00. The second kappa shape index (κ2) is 13.0. The molecule has 28 heavy (non-hydrogen) atoms. The van der Waals surface area contributed by atoms with Gasteiger partial charge in [-0.1, -0.05) is 32.8 Å². The average molecular weight is 412 g/mol. The minimum atomic E-state index is -1.26. The van der Waals surface area contributed by atoms with Gasteiger partial charge in [-0.25, -0.2) is 9.59 Å². The van der Waals surface area contributed by atoms with Gasteiger partial charge < -0.3 is 19.8 Å². The number of likely N-dealkylation sites (N-methyl/N-ethyl adjacent to an activating group) is 1. The fraction of sp³-hybridized carbons (Fsp3) is 0.579. The Kier molecular flexibility index (Phi) is 11.0. The average Bonchev–Trinajstić information content (AvgIpc) is 3.12. The lowest BCUT2D eigenvalue weighted by molar-refractivity contribution is -0.134. The molecule has 0 bridgehead atoms. The number of aliphatic carboxylic acids is 2. The molecule has 8 nitrogen and oxygen atoms in total. The van der Waals surface area contributed by atoms with Crippen molar-refractivity contribution in [3.63, 3.8) is 0 Å². The number of nitrogens with zero attached hydrogens (tertiary/aromatic N) is 3. The molecule has 0 saturated carbocycles. The number of carboxylic acids is 2. The van der Waals surface area contributed by atoms with E-state index >= 15 is 0 Å². The number of unbranched alkanes of at least 4 members (excludes halogenated alkanes) is 1. The van der Waals surface area contributed by atoms with Crippen LogP contribution in [0.3, 0.4) is 0 Å². The minimum absolute atomic E-state index is 0.263. The zero-order valence-electron chi connectivity index (χ0n) is 16.6. The van der Waals surface area contributed by atoms with Gasteiger partial charge in [0.2, 0.25) is 0 Å². The third-order valence-electron chi connectivity index (χ3n) is 4.09. The van der Waals surface area contributed by atoms with Crippen LogP contribution in [-0.4, -0.2) is 62.0 Å². The predicted molar refractivity (Wildman–Crippen MR) is 109 cm³/mol. The summed E-state index contributed by atoms with van der Waals surface area (Å²) in [5.41, 5.74) is 2.21. The van der Waals surface area contributed by atoms with Crippen molar-refractivity contribution in [1.82, 2.24) is 13.6 Å². The van der Waals surface area contributed by atoms with Crippen LogP contribution in [-0.2, 0) is 9.59 Å². The van der Waals surface area contributed by atoms with Crippen molar-refractivity contribution in [1.29, 1.82) is 0 Å². The molecule has 9 heteroatoms. The first kappa shape index (κ1) is 23.8. The van der Waals surface area contributed by atoms with Crippen LogP contribution in [0.4, 0.5) is 0 Å². The summed E-state index contributed by atoms with van der Waals surface area (Å²) in [6, 6.07) is 0. The number of carbonyl (C=O) groups is 2. The van der Waals surface area contributed by atoms with Crippen molar-refractivity contribution < 1.29 is 24.5 Å². The fourth-order valence-electron chi connectivity index (χ4n) is 2.60. The number of rotatable bonds is 9. The maximum Gasteiger partial charge on any atom is 0.328 e. The molecule has 156 valence electrons. The van der Waals surface area contributed by atoms with Crippen LogP contribution < -0.4 is 4.74 Å². The number of aromatic nitrogens is 2. The van der Waals surface area contributed by atoms with Gasteiger partial charge in [-0.05, 0) is 31.9 Å². The van der Waals surface area contributed by atoms with E-state index in [1.807, 2.05) is 0 Å². The van der Waals surface area contributed by atoms with Crippen molar-refractivity contribution in [2.75, 3.05) is 20.1 Å². The first-order valence-corrected chi connectivity index (χ1v) is 10.1. The first-order valence-electron chi connectivity index (χ1n) is 9.38. The molecule has 2 N–H and O–H groups in total. The maximum absolute atomic E-state index is 9.55. The zero-order valence-corrected chi connectivity index (χ0v) is 17.4. The SMILES string of the molecule is CCCCC(CC)Oc1nsnc1C1=CCCN(C)C1.O=C(O)/C=C/C(=O)O. The summed E-state index contributed by atoms with van der Waals surface area (Å²) in [4.78, 5) is 21.4. The molecule has 0 spiro atoms. The van der Waals surface area contributed by atoms with E-state index in [9.17, 15) is 9.59 Å². The number of ether oxygens (including phenoxy) is 1. The molecule has 1 unspecified atom stereocenters. The normalized spacial score (nSPS) is 15.5. The molecule has 2 rings (SSSR count). The molecule has 0 saturated heterocycles. The third-order valence-corrected chi connectivity index (χ3v) is 4.60. The molecule has 1 aromatic rings. The molecule has 0 radical (unpaired) electrons. The van der Waals surface area contributed by atoms with Crippen LogP contribution in [0, 0.1) is 0 Å². The highest BCUT2D eigenvalue weighted by molar-refractivity contribution is 6.99. The lowest BCUT2D eigenvalue weighted by atomic mass is 10.1. The zero-order chi connectivity index (χ0) is 20.9. The Labute approximate surface area is 169 Å². The van der Waals surface area contributed by atoms with Gasteiger partial charge in [0.05, 0.1) is 11.7 Å². The highest BCUT2D eigenvalue weighted by Gasteiger charge is 2.20. The monoisotopic (exact) mass is 411 g/mol. The molecule has 1 aromatic heterocycles. The van der Waals surface area contributed by atoms with Crippen molar-refractivity contribution in [2.24, 2.45) is 0 Å². The maximum atomic E-state index is 9.55. The molecule has 1 aliphatic heterocycles. The summed E-state index contributed by atoms with van der Waals surface area (Å²) in [6.45, 7) is 6.44. The van der Waals surface area contributed by atoms with Crippen LogP contribution in [0.5, 0.6) is 5.88 Å². The Hall–Kier alpha value is -2.26. The van der Waals surface area contributed by atoms with Gasteiger partial charge in [-0.15, -0.1) is 4.37 Å². The largest absolute Gasteiger partial charge is 0.478 e. The van der Waals surface area contributed by atoms with Crippen molar-refractivity contribution >= 4 is 29.2 Å². The summed E-state index contributed by atoms with van der Waals surface area (Å²) in [5.74, 6) is -1.78. The molecule has 0 aromatic carbocycles. The summed E-state index contributed by atoms with van der Waals surface area (Å²) in [7, 11) is 2.14. The Bertz CT molecular complexity index is 671. The third kappa shape index (κ3) is 9.09. The van der Waals surface area contributed by atoms with Gasteiger partial charge in [-0.2, -0.15) is 4.37 Å². The Balaban J connectivity index is 0.000000416. The Morgan fingerprint density at radius 2 is 1.96 bits per heavy atom. The Morgan fingerprint density at radius 3 is 2.50 bits per heavy atom. The van der Waals surface area contributed by atoms with Crippen molar-refractivity contribution in [3.8, 4) is 5.88 Å². The van der Waals surface area contributed by atoms with E-state index < -0.39 is 11.9 Å². The molecule has 1 atom stereocenters. The number of hydrogen-bond acceptors (Lipinski definition) is 7. The van der Waals surface area contributed by atoms with Gasteiger partial charge in [0, 0.05) is 25.2 Å². The van der Waals surface area contributed by atoms with E-state index in [0.717, 1.165) is 43.9 Å². The van der Waals surface area contributed by atoms with Crippen LogP contribution in [0.2, 0.25) is 0 Å². The van der Waals surface area contributed by atoms with E-state index in [0.29, 0.717) is 12.2 Å². The van der Waals surface area contributed by atoms with Gasteiger partial charge >= 0.3 is 11.9 Å². The topological polar surface area (TPSA) is 113 Å². The van der Waals surface area contributed by atoms with E-state index in [1.165, 1.54) is 30.1 Å². The van der Waals surface area contributed by atoms with Gasteiger partial charge in [0.1, 0.15) is 11.8 Å². The molecule has 1 aliphatic rings. The molecule has 0 fully saturated rings. The van der Waals surface area contributed by atoms with Crippen LogP contribution in [0.25, 0.3) is 5.57 Å². The summed E-state index contributed by atoms with van der Waals surface area (Å²) < 4.78 is 14.9. The lowest BCUT2D eigenvalue weighted by Gasteiger charge is -2.23. The Morgan fingerprint density at radius 1 is 1.29 bits per heavy atom. The van der Waals surface area contributed by atoms with Crippen LogP contribution >= 0.6 is 11.7 Å². The smallest absolute Gasteiger partial charge is 0.328 e. The standard InChI is InChI=1S/C15H25N3OS.C4H4O4/c1-4-6-9-13(5-2)19-15-14(16-20-17-15)12-8-7-10-18(3)11-12;5-3(6)1-2-4(7)8/h8,13H,4-7,9-11H2,1-3H3;1-2H,(H,5,6)(H,7,8)/b;2-1+. The van der Waals surface area contributed by atoms with E-state index in [2.05, 4.69) is 40.6 Å². The highest BCUT2D eigenvalue weighted by atomic mass is 32.1. The van der Waals surface area contributed by atoms with Gasteiger partial charge in [-0.3, -0.25) is 0 Å². The van der Waals surface area contributed by atoms with Crippen LogP contribution in [0.1, 0.15) is 51.6 Å². The molecule has 0 aliphatic carbocycles. The van der Waals surface area contributed by atoms with Crippen LogP contribution in [0.15, 0.2) is 18.2 Å². The molecule has 2 heterocycles. The summed E-state index contributed by atoms with van der Waals surface area (Å²) in [5, 5.41) is 15.6. The minimum Gasteiger partial charge on any atom is -0.478 e. The molecular weight excluding hydrogens is 382 g/mol. The summed E-state index contributed by atoms with van der Waals surface area (Å²) in [6.07, 6.45) is 9.27. The predicted octanol–water partition coefficient (Wildman–Crippen LogP) is 3.32.